The lowest BCUT2D eigenvalue weighted by Gasteiger charge is -2.36. The standard InChI is InChI=1S/C16H24O/c1-4-12(2)16(3,17)15-11-6-5-10-14(15)13-8-7-9-13/h5-6,10-13,17H,4,7-9H2,1-3H3. The van der Waals surface area contributed by atoms with Crippen molar-refractivity contribution in [1.29, 1.82) is 0 Å². The van der Waals surface area contributed by atoms with Crippen LogP contribution in [0.15, 0.2) is 24.3 Å². The van der Waals surface area contributed by atoms with Gasteiger partial charge in [-0.1, -0.05) is 51.0 Å². The summed E-state index contributed by atoms with van der Waals surface area (Å²) in [5, 5.41) is 10.8. The summed E-state index contributed by atoms with van der Waals surface area (Å²) in [5.41, 5.74) is 1.84. The normalized spacial score (nSPS) is 21.6. The highest BCUT2D eigenvalue weighted by Gasteiger charge is 2.33. The molecule has 0 bridgehead atoms. The fourth-order valence-electron chi connectivity index (χ4n) is 2.70. The van der Waals surface area contributed by atoms with Crippen molar-refractivity contribution >= 4 is 0 Å². The van der Waals surface area contributed by atoms with E-state index in [1.807, 2.05) is 13.0 Å². The number of rotatable bonds is 4. The van der Waals surface area contributed by atoms with E-state index in [4.69, 9.17) is 0 Å². The molecule has 1 fully saturated rings. The van der Waals surface area contributed by atoms with Crippen LogP contribution in [0.4, 0.5) is 0 Å². The first kappa shape index (κ1) is 12.6. The zero-order valence-electron chi connectivity index (χ0n) is 11.2. The highest BCUT2D eigenvalue weighted by atomic mass is 16.3. The van der Waals surface area contributed by atoms with Crippen LogP contribution >= 0.6 is 0 Å². The molecule has 1 aliphatic carbocycles. The number of hydrogen-bond donors (Lipinski definition) is 1. The van der Waals surface area contributed by atoms with E-state index in [2.05, 4.69) is 32.0 Å². The Kier molecular flexibility index (Phi) is 3.58. The van der Waals surface area contributed by atoms with E-state index in [-0.39, 0.29) is 0 Å². The Labute approximate surface area is 105 Å². The molecular weight excluding hydrogens is 208 g/mol. The van der Waals surface area contributed by atoms with Crippen molar-refractivity contribution in [1.82, 2.24) is 0 Å². The molecular formula is C16H24O. The Balaban J connectivity index is 2.36. The van der Waals surface area contributed by atoms with Crippen LogP contribution in [0.3, 0.4) is 0 Å². The van der Waals surface area contributed by atoms with Gasteiger partial charge in [0.05, 0.1) is 5.60 Å². The molecule has 2 atom stereocenters. The fourth-order valence-corrected chi connectivity index (χ4v) is 2.70. The molecule has 1 aliphatic rings. The largest absolute Gasteiger partial charge is 0.385 e. The van der Waals surface area contributed by atoms with Gasteiger partial charge in [-0.3, -0.25) is 0 Å². The van der Waals surface area contributed by atoms with E-state index in [9.17, 15) is 5.11 Å². The lowest BCUT2D eigenvalue weighted by Crippen LogP contribution is -2.31. The van der Waals surface area contributed by atoms with E-state index in [1.54, 1.807) is 0 Å². The minimum Gasteiger partial charge on any atom is -0.385 e. The van der Waals surface area contributed by atoms with Gasteiger partial charge in [0.15, 0.2) is 0 Å². The maximum absolute atomic E-state index is 10.8. The predicted octanol–water partition coefficient (Wildman–Crippen LogP) is 4.21. The molecule has 1 heteroatoms. The van der Waals surface area contributed by atoms with Gasteiger partial charge in [0.2, 0.25) is 0 Å². The third-order valence-corrected chi connectivity index (χ3v) is 4.62. The Morgan fingerprint density at radius 2 is 2.00 bits per heavy atom. The maximum Gasteiger partial charge on any atom is 0.0896 e. The van der Waals surface area contributed by atoms with Crippen LogP contribution in [0.5, 0.6) is 0 Å². The zero-order valence-corrected chi connectivity index (χ0v) is 11.2. The summed E-state index contributed by atoms with van der Waals surface area (Å²) in [4.78, 5) is 0. The van der Waals surface area contributed by atoms with Crippen LogP contribution in [-0.4, -0.2) is 5.11 Å². The third-order valence-electron chi connectivity index (χ3n) is 4.62. The van der Waals surface area contributed by atoms with Crippen molar-refractivity contribution in [3.8, 4) is 0 Å². The molecule has 0 aliphatic heterocycles. The van der Waals surface area contributed by atoms with Crippen LogP contribution in [0.1, 0.15) is 63.5 Å². The molecule has 1 saturated carbocycles. The van der Waals surface area contributed by atoms with Crippen molar-refractivity contribution in [2.45, 2.75) is 58.0 Å². The van der Waals surface area contributed by atoms with Crippen molar-refractivity contribution in [2.24, 2.45) is 5.92 Å². The molecule has 0 spiro atoms. The van der Waals surface area contributed by atoms with E-state index < -0.39 is 5.60 Å². The predicted molar refractivity (Wildman–Crippen MR) is 72.1 cm³/mol. The molecule has 0 amide bonds. The molecule has 0 saturated heterocycles. The van der Waals surface area contributed by atoms with Crippen LogP contribution in [0.25, 0.3) is 0 Å². The maximum atomic E-state index is 10.8. The monoisotopic (exact) mass is 232 g/mol. The molecule has 0 aromatic heterocycles. The van der Waals surface area contributed by atoms with Crippen LogP contribution in [0, 0.1) is 5.92 Å². The van der Waals surface area contributed by atoms with Gasteiger partial charge in [0.1, 0.15) is 0 Å². The molecule has 1 N–H and O–H groups in total. The molecule has 2 rings (SSSR count). The molecule has 1 nitrogen and oxygen atoms in total. The summed E-state index contributed by atoms with van der Waals surface area (Å²) in [7, 11) is 0. The Morgan fingerprint density at radius 1 is 1.35 bits per heavy atom. The van der Waals surface area contributed by atoms with E-state index in [0.717, 1.165) is 12.0 Å². The van der Waals surface area contributed by atoms with E-state index >= 15 is 0 Å². The smallest absolute Gasteiger partial charge is 0.0896 e. The lowest BCUT2D eigenvalue weighted by molar-refractivity contribution is -0.00142. The summed E-state index contributed by atoms with van der Waals surface area (Å²) >= 11 is 0. The first-order chi connectivity index (χ1) is 8.07. The Morgan fingerprint density at radius 3 is 2.53 bits per heavy atom. The van der Waals surface area contributed by atoms with Gasteiger partial charge in [0.25, 0.3) is 0 Å². The highest BCUT2D eigenvalue weighted by Crippen LogP contribution is 2.42. The van der Waals surface area contributed by atoms with Gasteiger partial charge in [-0.25, -0.2) is 0 Å². The summed E-state index contributed by atoms with van der Waals surface area (Å²) in [6, 6.07) is 8.47. The lowest BCUT2D eigenvalue weighted by atomic mass is 9.72. The first-order valence-electron chi connectivity index (χ1n) is 6.89. The van der Waals surface area contributed by atoms with Crippen LogP contribution in [0.2, 0.25) is 0 Å². The molecule has 17 heavy (non-hydrogen) atoms. The second-order valence-electron chi connectivity index (χ2n) is 5.67. The molecule has 2 unspecified atom stereocenters. The third kappa shape index (κ3) is 2.26. The average Bonchev–Trinajstić information content (AvgIpc) is 2.26. The van der Waals surface area contributed by atoms with E-state index in [0.29, 0.717) is 11.8 Å². The van der Waals surface area contributed by atoms with E-state index in [1.165, 1.54) is 24.8 Å². The zero-order chi connectivity index (χ0) is 12.5. The van der Waals surface area contributed by atoms with Crippen LogP contribution < -0.4 is 0 Å². The molecule has 1 aromatic carbocycles. The van der Waals surface area contributed by atoms with Gasteiger partial charge < -0.3 is 5.11 Å². The van der Waals surface area contributed by atoms with Gasteiger partial charge in [-0.15, -0.1) is 0 Å². The Hall–Kier alpha value is -0.820. The minimum absolute atomic E-state index is 0.295. The molecule has 1 aromatic rings. The number of aliphatic hydroxyl groups is 1. The summed E-state index contributed by atoms with van der Waals surface area (Å²) in [6.45, 7) is 6.25. The molecule has 0 heterocycles. The van der Waals surface area contributed by atoms with Crippen molar-refractivity contribution < 1.29 is 5.11 Å². The fraction of sp³-hybridized carbons (Fsp3) is 0.625. The number of benzene rings is 1. The summed E-state index contributed by atoms with van der Waals surface area (Å²) < 4.78 is 0. The van der Waals surface area contributed by atoms with Gasteiger partial charge in [-0.05, 0) is 42.7 Å². The second-order valence-corrected chi connectivity index (χ2v) is 5.67. The van der Waals surface area contributed by atoms with Gasteiger partial charge >= 0.3 is 0 Å². The quantitative estimate of drug-likeness (QED) is 0.824. The van der Waals surface area contributed by atoms with Gasteiger partial charge in [0, 0.05) is 0 Å². The van der Waals surface area contributed by atoms with Crippen LogP contribution in [-0.2, 0) is 5.60 Å². The SMILES string of the molecule is CCC(C)C(C)(O)c1ccccc1C1CCC1. The average molecular weight is 232 g/mol. The highest BCUT2D eigenvalue weighted by molar-refractivity contribution is 5.36. The summed E-state index contributed by atoms with van der Waals surface area (Å²) in [6.07, 6.45) is 4.91. The second kappa shape index (κ2) is 4.81. The number of hydrogen-bond acceptors (Lipinski definition) is 1. The summed E-state index contributed by atoms with van der Waals surface area (Å²) in [5.74, 6) is 0.977. The van der Waals surface area contributed by atoms with Gasteiger partial charge in [-0.2, -0.15) is 0 Å². The topological polar surface area (TPSA) is 20.2 Å². The van der Waals surface area contributed by atoms with Crippen molar-refractivity contribution in [3.63, 3.8) is 0 Å². The molecule has 94 valence electrons. The first-order valence-corrected chi connectivity index (χ1v) is 6.89. The minimum atomic E-state index is -0.694. The molecule has 0 radical (unpaired) electrons. The van der Waals surface area contributed by atoms with Crippen molar-refractivity contribution in [3.05, 3.63) is 35.4 Å². The van der Waals surface area contributed by atoms with Crippen molar-refractivity contribution in [2.75, 3.05) is 0 Å². The Bertz CT molecular complexity index is 377.